The molecule has 3 heteroatoms. The molecular weight excluding hydrogens is 94.0 g/mol. The second kappa shape index (κ2) is 4.88. The van der Waals surface area contributed by atoms with Crippen LogP contribution < -0.4 is 0 Å². The maximum Gasteiger partial charge on any atom is 0.160 e. The topological polar surface area (TPSA) is 38.7 Å². The minimum Gasteiger partial charge on any atom is -0.332 e. The minimum atomic E-state index is 1.14. The van der Waals surface area contributed by atoms with Crippen LogP contribution in [0, 0.1) is 4.91 Å². The largest absolute Gasteiger partial charge is 0.332 e. The van der Waals surface area contributed by atoms with Crippen LogP contribution in [0.2, 0.25) is 0 Å². The molecule has 0 spiro atoms. The van der Waals surface area contributed by atoms with Gasteiger partial charge in [-0.05, 0) is 6.08 Å². The summed E-state index contributed by atoms with van der Waals surface area (Å²) < 4.78 is 0. The molecule has 7 heavy (non-hydrogen) atoms. The molecule has 0 aliphatic heterocycles. The maximum absolute atomic E-state index is 9.12. The van der Waals surface area contributed by atoms with E-state index in [1.165, 1.54) is 12.2 Å². The van der Waals surface area contributed by atoms with Gasteiger partial charge in [0.05, 0.1) is 0 Å². The highest BCUT2D eigenvalue weighted by atomic mass is 16.7. The molecule has 0 amide bonds. The Bertz CT molecular complexity index is 87.7. The summed E-state index contributed by atoms with van der Waals surface area (Å²) in [7, 11) is 0. The van der Waals surface area contributed by atoms with Gasteiger partial charge in [0.15, 0.2) is 5.34 Å². The van der Waals surface area contributed by atoms with E-state index in [9.17, 15) is 0 Å². The number of nitrogens with zero attached hydrogens (tertiary/aromatic N) is 1. The summed E-state index contributed by atoms with van der Waals surface area (Å²) in [5, 5.41) is 2.09. The number of allylic oxidation sites excluding steroid dienone is 2. The average Bonchev–Trinajstić information content (AvgIpc) is 1.69. The monoisotopic (exact) mass is 99.0 g/mol. The van der Waals surface area contributed by atoms with Crippen LogP contribution in [-0.2, 0) is 4.84 Å². The standard InChI is InChI=1S/C4H5NO2/c1-2-3-4-7-5-6/h2-4H,1H2/b4-3+. The van der Waals surface area contributed by atoms with Crippen LogP contribution in [0.1, 0.15) is 0 Å². The molecule has 3 nitrogen and oxygen atoms in total. The molecule has 0 rings (SSSR count). The van der Waals surface area contributed by atoms with E-state index in [0.717, 1.165) is 6.26 Å². The summed E-state index contributed by atoms with van der Waals surface area (Å²) in [5.74, 6) is 0. The maximum atomic E-state index is 9.12. The first-order chi connectivity index (χ1) is 3.41. The van der Waals surface area contributed by atoms with E-state index >= 15 is 0 Å². The molecule has 0 atom stereocenters. The van der Waals surface area contributed by atoms with Crippen molar-refractivity contribution in [1.29, 1.82) is 0 Å². The van der Waals surface area contributed by atoms with Gasteiger partial charge in [0, 0.05) is 0 Å². The third-order valence-corrected chi connectivity index (χ3v) is 0.319. The molecule has 0 bridgehead atoms. The summed E-state index contributed by atoms with van der Waals surface area (Å²) in [6, 6.07) is 0. The Labute approximate surface area is 41.2 Å². The second-order valence-corrected chi connectivity index (χ2v) is 0.744. The Kier molecular flexibility index (Phi) is 4.10. The lowest BCUT2D eigenvalue weighted by atomic mass is 10.6. The molecule has 0 unspecified atom stereocenters. The molecular formula is C4H5NO2. The SMILES string of the molecule is C=C/C=C/ON=O. The summed E-state index contributed by atoms with van der Waals surface area (Å²) in [6.45, 7) is 3.32. The summed E-state index contributed by atoms with van der Waals surface area (Å²) in [6.07, 6.45) is 4.08. The van der Waals surface area contributed by atoms with Crippen molar-refractivity contribution >= 4 is 0 Å². The normalized spacial score (nSPS) is 8.57. The lowest BCUT2D eigenvalue weighted by Crippen LogP contribution is -1.57. The Balaban J connectivity index is 3.08. The van der Waals surface area contributed by atoms with Gasteiger partial charge in [0.1, 0.15) is 6.26 Å². The van der Waals surface area contributed by atoms with Gasteiger partial charge in [-0.1, -0.05) is 12.7 Å². The Morgan fingerprint density at radius 2 is 2.43 bits per heavy atom. The Morgan fingerprint density at radius 3 is 2.86 bits per heavy atom. The van der Waals surface area contributed by atoms with Crippen LogP contribution in [0.4, 0.5) is 0 Å². The Hall–Kier alpha value is -1.12. The van der Waals surface area contributed by atoms with Crippen LogP contribution in [0.15, 0.2) is 30.3 Å². The summed E-state index contributed by atoms with van der Waals surface area (Å²) in [5.41, 5.74) is 0. The molecule has 0 aliphatic carbocycles. The van der Waals surface area contributed by atoms with E-state index in [2.05, 4.69) is 16.8 Å². The van der Waals surface area contributed by atoms with Gasteiger partial charge < -0.3 is 4.84 Å². The van der Waals surface area contributed by atoms with Crippen molar-refractivity contribution in [2.45, 2.75) is 0 Å². The quantitative estimate of drug-likeness (QED) is 0.232. The van der Waals surface area contributed by atoms with Gasteiger partial charge in [-0.25, -0.2) is 0 Å². The molecule has 0 saturated carbocycles. The van der Waals surface area contributed by atoms with Crippen LogP contribution in [0.3, 0.4) is 0 Å². The van der Waals surface area contributed by atoms with Crippen LogP contribution in [0.25, 0.3) is 0 Å². The van der Waals surface area contributed by atoms with Crippen molar-refractivity contribution in [1.82, 2.24) is 0 Å². The Morgan fingerprint density at radius 1 is 1.71 bits per heavy atom. The van der Waals surface area contributed by atoms with Gasteiger partial charge >= 0.3 is 0 Å². The fraction of sp³-hybridized carbons (Fsp3) is 0. The van der Waals surface area contributed by atoms with E-state index in [4.69, 9.17) is 4.91 Å². The van der Waals surface area contributed by atoms with Crippen LogP contribution in [0.5, 0.6) is 0 Å². The molecule has 0 aliphatic rings. The van der Waals surface area contributed by atoms with Gasteiger partial charge in [-0.3, -0.25) is 0 Å². The molecule has 0 aromatic rings. The molecule has 0 aromatic heterocycles. The van der Waals surface area contributed by atoms with Gasteiger partial charge in [0.25, 0.3) is 0 Å². The van der Waals surface area contributed by atoms with E-state index in [1.807, 2.05) is 0 Å². The third-order valence-electron chi connectivity index (χ3n) is 0.319. The van der Waals surface area contributed by atoms with Gasteiger partial charge in [-0.15, -0.1) is 4.91 Å². The van der Waals surface area contributed by atoms with Crippen LogP contribution >= 0.6 is 0 Å². The summed E-state index contributed by atoms with van der Waals surface area (Å²) >= 11 is 0. The first-order valence-electron chi connectivity index (χ1n) is 1.68. The molecule has 0 fully saturated rings. The second-order valence-electron chi connectivity index (χ2n) is 0.744. The first kappa shape index (κ1) is 5.88. The average molecular weight is 99.1 g/mol. The highest BCUT2D eigenvalue weighted by Crippen LogP contribution is 1.75. The highest BCUT2D eigenvalue weighted by molar-refractivity contribution is 4.92. The summed E-state index contributed by atoms with van der Waals surface area (Å²) in [4.78, 5) is 13.0. The first-order valence-corrected chi connectivity index (χ1v) is 1.68. The zero-order valence-electron chi connectivity index (χ0n) is 3.70. The van der Waals surface area contributed by atoms with Crippen molar-refractivity contribution in [2.24, 2.45) is 5.34 Å². The highest BCUT2D eigenvalue weighted by Gasteiger charge is 1.61. The molecule has 0 radical (unpaired) electrons. The fourth-order valence-corrected chi connectivity index (χ4v) is 0.116. The lowest BCUT2D eigenvalue weighted by Gasteiger charge is -1.72. The zero-order valence-corrected chi connectivity index (χ0v) is 3.70. The van der Waals surface area contributed by atoms with Crippen molar-refractivity contribution in [2.75, 3.05) is 0 Å². The fourth-order valence-electron chi connectivity index (χ4n) is 0.116. The van der Waals surface area contributed by atoms with E-state index in [0.29, 0.717) is 0 Å². The lowest BCUT2D eigenvalue weighted by molar-refractivity contribution is 0.262. The van der Waals surface area contributed by atoms with E-state index < -0.39 is 0 Å². The third kappa shape index (κ3) is 4.88. The smallest absolute Gasteiger partial charge is 0.160 e. The van der Waals surface area contributed by atoms with Crippen molar-refractivity contribution in [3.05, 3.63) is 29.9 Å². The van der Waals surface area contributed by atoms with Crippen molar-refractivity contribution in [3.8, 4) is 0 Å². The molecule has 0 aromatic carbocycles. The van der Waals surface area contributed by atoms with Crippen molar-refractivity contribution < 1.29 is 4.84 Å². The zero-order chi connectivity index (χ0) is 5.54. The number of hydrogen-bond acceptors (Lipinski definition) is 3. The molecule has 0 N–H and O–H groups in total. The molecule has 0 saturated heterocycles. The van der Waals surface area contributed by atoms with E-state index in [1.54, 1.807) is 0 Å². The van der Waals surface area contributed by atoms with Gasteiger partial charge in [-0.2, -0.15) is 0 Å². The van der Waals surface area contributed by atoms with Gasteiger partial charge in [0.2, 0.25) is 0 Å². The predicted octanol–water partition coefficient (Wildman–Crippen LogP) is 1.38. The minimum absolute atomic E-state index is 1.14. The number of rotatable bonds is 3. The van der Waals surface area contributed by atoms with E-state index in [-0.39, 0.29) is 0 Å². The predicted molar refractivity (Wildman–Crippen MR) is 26.2 cm³/mol. The van der Waals surface area contributed by atoms with Crippen molar-refractivity contribution in [3.63, 3.8) is 0 Å². The van der Waals surface area contributed by atoms with Crippen LogP contribution in [-0.4, -0.2) is 0 Å². The number of hydrogen-bond donors (Lipinski definition) is 0. The molecule has 38 valence electrons. The molecule has 0 heterocycles.